The number of thioether (sulfide) groups is 1. The number of rotatable bonds is 4. The average Bonchev–Trinajstić information content (AvgIpc) is 2.86. The van der Waals surface area contributed by atoms with Crippen LogP contribution in [0.3, 0.4) is 0 Å². The molecule has 1 aromatic heterocycles. The van der Waals surface area contributed by atoms with E-state index in [1.807, 2.05) is 27.7 Å². The van der Waals surface area contributed by atoms with Crippen LogP contribution in [0, 0.1) is 6.92 Å². The van der Waals surface area contributed by atoms with Crippen LogP contribution in [0.1, 0.15) is 45.1 Å². The molecule has 0 radical (unpaired) electrons. The van der Waals surface area contributed by atoms with Crippen molar-refractivity contribution in [3.63, 3.8) is 0 Å². The Morgan fingerprint density at radius 1 is 1.32 bits per heavy atom. The maximum Gasteiger partial charge on any atom is 0.491 e. The first-order valence-corrected chi connectivity index (χ1v) is 9.22. The topological polar surface area (TPSA) is 35.5 Å². The van der Waals surface area contributed by atoms with Crippen molar-refractivity contribution in [1.29, 1.82) is 0 Å². The number of carbonyl (C=O) groups excluding carboxylic acids is 1. The molecule has 0 aromatic carbocycles. The highest BCUT2D eigenvalue weighted by molar-refractivity contribution is 8.13. The van der Waals surface area contributed by atoms with Gasteiger partial charge in [0.1, 0.15) is 0 Å². The van der Waals surface area contributed by atoms with E-state index in [1.54, 1.807) is 18.3 Å². The van der Waals surface area contributed by atoms with E-state index in [4.69, 9.17) is 9.31 Å². The molecule has 0 unspecified atom stereocenters. The van der Waals surface area contributed by atoms with Gasteiger partial charge in [-0.1, -0.05) is 11.8 Å². The van der Waals surface area contributed by atoms with E-state index in [0.29, 0.717) is 5.75 Å². The van der Waals surface area contributed by atoms with Crippen molar-refractivity contribution >= 4 is 41.4 Å². The second-order valence-corrected chi connectivity index (χ2v) is 8.66. The summed E-state index contributed by atoms with van der Waals surface area (Å²) >= 11 is 2.98. The second kappa shape index (κ2) is 6.52. The highest BCUT2D eigenvalue weighted by Gasteiger charge is 2.52. The first-order chi connectivity index (χ1) is 10.1. The van der Waals surface area contributed by atoms with Crippen LogP contribution < -0.4 is 0 Å². The minimum absolute atomic E-state index is 0.102. The Bertz CT molecular complexity index is 574. The fourth-order valence-corrected chi connectivity index (χ4v) is 3.54. The molecule has 120 valence electrons. The van der Waals surface area contributed by atoms with E-state index in [0.717, 1.165) is 5.47 Å². The highest BCUT2D eigenvalue weighted by atomic mass is 32.2. The molecule has 2 heterocycles. The van der Waals surface area contributed by atoms with E-state index < -0.39 is 7.12 Å². The third kappa shape index (κ3) is 3.85. The van der Waals surface area contributed by atoms with Crippen molar-refractivity contribution < 1.29 is 14.1 Å². The van der Waals surface area contributed by atoms with Gasteiger partial charge in [0.25, 0.3) is 0 Å². The highest BCUT2D eigenvalue weighted by Crippen LogP contribution is 2.39. The summed E-state index contributed by atoms with van der Waals surface area (Å²) in [6, 6.07) is 2.09. The Hall–Kier alpha value is -0.555. The minimum Gasteiger partial charge on any atom is -0.400 e. The maximum atomic E-state index is 11.3. The smallest absolute Gasteiger partial charge is 0.400 e. The van der Waals surface area contributed by atoms with Gasteiger partial charge < -0.3 is 9.31 Å². The Morgan fingerprint density at radius 3 is 2.36 bits per heavy atom. The molecule has 1 saturated heterocycles. The van der Waals surface area contributed by atoms with Gasteiger partial charge in [-0.05, 0) is 63.2 Å². The summed E-state index contributed by atoms with van der Waals surface area (Å²) in [5.41, 5.74) is 1.49. The van der Waals surface area contributed by atoms with Crippen LogP contribution in [0.15, 0.2) is 16.9 Å². The molecule has 1 aromatic rings. The Morgan fingerprint density at radius 2 is 1.91 bits per heavy atom. The second-order valence-electron chi connectivity index (χ2n) is 6.56. The van der Waals surface area contributed by atoms with Gasteiger partial charge >= 0.3 is 7.12 Å². The van der Waals surface area contributed by atoms with Gasteiger partial charge in [-0.3, -0.25) is 4.79 Å². The summed E-state index contributed by atoms with van der Waals surface area (Å²) in [4.78, 5) is 12.5. The van der Waals surface area contributed by atoms with E-state index in [1.165, 1.54) is 22.2 Å². The van der Waals surface area contributed by atoms with Crippen LogP contribution in [-0.2, 0) is 14.1 Å². The zero-order valence-corrected chi connectivity index (χ0v) is 15.7. The van der Waals surface area contributed by atoms with Crippen LogP contribution in [0.25, 0.3) is 6.08 Å². The van der Waals surface area contributed by atoms with Crippen LogP contribution in [0.4, 0.5) is 0 Å². The normalized spacial score (nSPS) is 20.5. The lowest BCUT2D eigenvalue weighted by Gasteiger charge is -2.32. The standard InChI is InChI=1S/C16H23BO3S2/c1-11-7-8-21-14(11)9-13(10-22-12(2)18)17-19-15(3,4)16(5,6)20-17/h7-9H,10H2,1-6H3. The van der Waals surface area contributed by atoms with Gasteiger partial charge in [0.15, 0.2) is 5.12 Å². The van der Waals surface area contributed by atoms with Crippen LogP contribution in [0.2, 0.25) is 0 Å². The zero-order valence-electron chi connectivity index (χ0n) is 14.1. The lowest BCUT2D eigenvalue weighted by molar-refractivity contribution is -0.109. The lowest BCUT2D eigenvalue weighted by Crippen LogP contribution is -2.41. The molecular weight excluding hydrogens is 315 g/mol. The van der Waals surface area contributed by atoms with Gasteiger partial charge in [-0.25, -0.2) is 0 Å². The van der Waals surface area contributed by atoms with E-state index in [2.05, 4.69) is 24.4 Å². The molecule has 0 saturated carbocycles. The van der Waals surface area contributed by atoms with Crippen molar-refractivity contribution in [2.24, 2.45) is 0 Å². The van der Waals surface area contributed by atoms with Gasteiger partial charge in [0.05, 0.1) is 11.2 Å². The first-order valence-electron chi connectivity index (χ1n) is 7.36. The Labute approximate surface area is 141 Å². The largest absolute Gasteiger partial charge is 0.491 e. The number of aryl methyl sites for hydroxylation is 1. The number of hydrogen-bond donors (Lipinski definition) is 0. The predicted molar refractivity (Wildman–Crippen MR) is 96.3 cm³/mol. The summed E-state index contributed by atoms with van der Waals surface area (Å²) in [5.74, 6) is 0.587. The first kappa shape index (κ1) is 17.8. The molecular formula is C16H23BO3S2. The SMILES string of the molecule is CC(=O)SCC(=Cc1sccc1C)B1OC(C)(C)C(C)(C)O1. The van der Waals surface area contributed by atoms with Crippen LogP contribution >= 0.6 is 23.1 Å². The molecule has 22 heavy (non-hydrogen) atoms. The molecule has 0 spiro atoms. The van der Waals surface area contributed by atoms with Crippen molar-refractivity contribution in [2.45, 2.75) is 52.7 Å². The van der Waals surface area contributed by atoms with E-state index in [9.17, 15) is 4.79 Å². The minimum atomic E-state index is -0.404. The van der Waals surface area contributed by atoms with Gasteiger partial charge in [-0.2, -0.15) is 0 Å². The predicted octanol–water partition coefficient (Wildman–Crippen LogP) is 4.35. The molecule has 0 bridgehead atoms. The average molecular weight is 338 g/mol. The van der Waals surface area contributed by atoms with Crippen molar-refractivity contribution in [2.75, 3.05) is 5.75 Å². The maximum absolute atomic E-state index is 11.3. The van der Waals surface area contributed by atoms with Crippen molar-refractivity contribution in [1.82, 2.24) is 0 Å². The summed E-state index contributed by atoms with van der Waals surface area (Å²) in [6.07, 6.45) is 2.11. The molecule has 0 atom stereocenters. The number of hydrogen-bond acceptors (Lipinski definition) is 5. The van der Waals surface area contributed by atoms with Crippen LogP contribution in [-0.4, -0.2) is 29.2 Å². The molecule has 1 aliphatic heterocycles. The summed E-state index contributed by atoms with van der Waals surface area (Å²) < 4.78 is 12.3. The Balaban J connectivity index is 2.28. The van der Waals surface area contributed by atoms with E-state index in [-0.39, 0.29) is 16.3 Å². The van der Waals surface area contributed by atoms with Gasteiger partial charge in [0.2, 0.25) is 0 Å². The Kier molecular flexibility index (Phi) is 5.27. The molecule has 0 amide bonds. The molecule has 1 fully saturated rings. The number of carbonyl (C=O) groups is 1. The zero-order chi connectivity index (χ0) is 16.5. The quantitative estimate of drug-likeness (QED) is 0.765. The molecule has 2 rings (SSSR count). The van der Waals surface area contributed by atoms with Crippen molar-refractivity contribution in [3.05, 3.63) is 27.4 Å². The fourth-order valence-electron chi connectivity index (χ4n) is 2.06. The fraction of sp³-hybridized carbons (Fsp3) is 0.562. The van der Waals surface area contributed by atoms with Gasteiger partial charge in [0, 0.05) is 17.6 Å². The molecule has 0 aliphatic carbocycles. The molecule has 6 heteroatoms. The number of thiophene rings is 1. The molecule has 3 nitrogen and oxygen atoms in total. The third-order valence-corrected chi connectivity index (χ3v) is 6.07. The summed E-state index contributed by atoms with van der Waals surface area (Å²) in [6.45, 7) is 11.8. The summed E-state index contributed by atoms with van der Waals surface area (Å²) in [7, 11) is -0.404. The molecule has 1 aliphatic rings. The monoisotopic (exact) mass is 338 g/mol. The molecule has 0 N–H and O–H groups in total. The summed E-state index contributed by atoms with van der Waals surface area (Å²) in [5, 5.41) is 2.17. The van der Waals surface area contributed by atoms with Crippen LogP contribution in [0.5, 0.6) is 0 Å². The van der Waals surface area contributed by atoms with E-state index >= 15 is 0 Å². The lowest BCUT2D eigenvalue weighted by atomic mass is 9.78. The van der Waals surface area contributed by atoms with Gasteiger partial charge in [-0.15, -0.1) is 11.3 Å². The third-order valence-electron chi connectivity index (χ3n) is 4.22. The van der Waals surface area contributed by atoms with Crippen molar-refractivity contribution in [3.8, 4) is 0 Å².